The molecular weight excluding hydrogens is 422 g/mol. The average molecular weight is 448 g/mol. The minimum absolute atomic E-state index is 0.117. The molecule has 4 heterocycles. The summed E-state index contributed by atoms with van der Waals surface area (Å²) in [5, 5.41) is 11.8. The summed E-state index contributed by atoms with van der Waals surface area (Å²) in [5.74, 6) is 0.561. The Hall–Kier alpha value is -2.16. The molecule has 30 heavy (non-hydrogen) atoms. The largest absolute Gasteiger partial charge is 0.355 e. The smallest absolute Gasteiger partial charge is 0.272 e. The number of nitrogens with zero attached hydrogens (tertiary/aromatic N) is 4. The van der Waals surface area contributed by atoms with Gasteiger partial charge in [0.1, 0.15) is 11.4 Å². The topological polar surface area (TPSA) is 76.2 Å². The normalized spacial score (nSPS) is 15.8. The predicted octanol–water partition coefficient (Wildman–Crippen LogP) is 4.21. The van der Waals surface area contributed by atoms with Crippen LogP contribution in [-0.2, 0) is 6.54 Å². The molecule has 1 aliphatic heterocycles. The summed E-state index contributed by atoms with van der Waals surface area (Å²) in [5.41, 5.74) is 2.08. The molecule has 1 fully saturated rings. The van der Waals surface area contributed by atoms with Gasteiger partial charge in [-0.15, -0.1) is 11.3 Å². The number of rotatable bonds is 6. The second kappa shape index (κ2) is 8.91. The highest BCUT2D eigenvalue weighted by Gasteiger charge is 2.23. The van der Waals surface area contributed by atoms with Gasteiger partial charge in [0.05, 0.1) is 15.8 Å². The molecule has 0 aromatic carbocycles. The van der Waals surface area contributed by atoms with Crippen LogP contribution in [0.5, 0.6) is 0 Å². The van der Waals surface area contributed by atoms with Gasteiger partial charge in [-0.2, -0.15) is 5.10 Å². The molecule has 1 amide bonds. The van der Waals surface area contributed by atoms with Crippen molar-refractivity contribution in [2.45, 2.75) is 52.2 Å². The lowest BCUT2D eigenvalue weighted by molar-refractivity contribution is 0.0895. The first-order valence-corrected chi connectivity index (χ1v) is 11.4. The molecule has 0 saturated carbocycles. The van der Waals surface area contributed by atoms with Crippen LogP contribution in [-0.4, -0.2) is 50.9 Å². The second-order valence-electron chi connectivity index (χ2n) is 7.99. The molecule has 0 atom stereocenters. The maximum atomic E-state index is 12.7. The molecule has 0 unspecified atom stereocenters. The fraction of sp³-hybridized carbons (Fsp3) is 0.476. The average Bonchev–Trinajstić information content (AvgIpc) is 3.43. The highest BCUT2D eigenvalue weighted by molar-refractivity contribution is 7.19. The lowest BCUT2D eigenvalue weighted by Crippen LogP contribution is -2.46. The highest BCUT2D eigenvalue weighted by atomic mass is 35.5. The van der Waals surface area contributed by atoms with Crippen molar-refractivity contribution < 1.29 is 9.32 Å². The third kappa shape index (κ3) is 4.77. The van der Waals surface area contributed by atoms with Gasteiger partial charge in [-0.3, -0.25) is 9.48 Å². The van der Waals surface area contributed by atoms with Gasteiger partial charge < -0.3 is 14.7 Å². The molecule has 1 saturated heterocycles. The number of halogens is 1. The number of likely N-dealkylation sites (tertiary alicyclic amines) is 1. The van der Waals surface area contributed by atoms with Gasteiger partial charge in [-0.1, -0.05) is 16.8 Å². The Morgan fingerprint density at radius 2 is 2.10 bits per heavy atom. The summed E-state index contributed by atoms with van der Waals surface area (Å²) >= 11 is 7.44. The Balaban J connectivity index is 1.37. The molecule has 0 aliphatic carbocycles. The van der Waals surface area contributed by atoms with Crippen molar-refractivity contribution in [2.24, 2.45) is 0 Å². The van der Waals surface area contributed by atoms with Gasteiger partial charge in [0.2, 0.25) is 0 Å². The van der Waals surface area contributed by atoms with Gasteiger partial charge in [0, 0.05) is 36.9 Å². The van der Waals surface area contributed by atoms with E-state index in [2.05, 4.69) is 34.3 Å². The highest BCUT2D eigenvalue weighted by Crippen LogP contribution is 2.31. The summed E-state index contributed by atoms with van der Waals surface area (Å²) < 4.78 is 7.92. The summed E-state index contributed by atoms with van der Waals surface area (Å²) in [7, 11) is 0. The molecule has 0 radical (unpaired) electrons. The number of hydrogen-bond donors (Lipinski definition) is 1. The standard InChI is InChI=1S/C21H26ClN5O2S/c1-13(2)26-8-6-15(7-9-26)23-21(28)17-10-14(3)27(24-17)12-16-11-18(29-25-16)19-4-5-20(22)30-19/h4-5,10-11,13,15H,6-9,12H2,1-3H3,(H,23,28). The van der Waals surface area contributed by atoms with Crippen LogP contribution in [0.15, 0.2) is 28.8 Å². The van der Waals surface area contributed by atoms with E-state index >= 15 is 0 Å². The molecule has 4 rings (SSSR count). The van der Waals surface area contributed by atoms with E-state index in [-0.39, 0.29) is 11.9 Å². The number of piperidine rings is 1. The van der Waals surface area contributed by atoms with E-state index < -0.39 is 0 Å². The monoisotopic (exact) mass is 447 g/mol. The Morgan fingerprint density at radius 1 is 1.33 bits per heavy atom. The first-order chi connectivity index (χ1) is 14.4. The Kier molecular flexibility index (Phi) is 6.26. The molecule has 0 spiro atoms. The lowest BCUT2D eigenvalue weighted by atomic mass is 10.0. The zero-order chi connectivity index (χ0) is 21.3. The predicted molar refractivity (Wildman–Crippen MR) is 118 cm³/mol. The van der Waals surface area contributed by atoms with Crippen molar-refractivity contribution in [3.05, 3.63) is 45.7 Å². The van der Waals surface area contributed by atoms with Crippen LogP contribution in [0, 0.1) is 6.92 Å². The van der Waals surface area contributed by atoms with Crippen molar-refractivity contribution in [1.29, 1.82) is 0 Å². The Labute approximate surface area is 185 Å². The maximum absolute atomic E-state index is 12.7. The summed E-state index contributed by atoms with van der Waals surface area (Å²) in [4.78, 5) is 16.1. The van der Waals surface area contributed by atoms with Crippen LogP contribution in [0.4, 0.5) is 0 Å². The number of aryl methyl sites for hydroxylation is 1. The summed E-state index contributed by atoms with van der Waals surface area (Å²) in [6.07, 6.45) is 1.94. The molecule has 1 aliphatic rings. The van der Waals surface area contributed by atoms with Gasteiger partial charge in [0.15, 0.2) is 5.76 Å². The van der Waals surface area contributed by atoms with E-state index in [0.29, 0.717) is 28.4 Å². The van der Waals surface area contributed by atoms with Crippen LogP contribution >= 0.6 is 22.9 Å². The van der Waals surface area contributed by atoms with Crippen molar-refractivity contribution in [2.75, 3.05) is 13.1 Å². The van der Waals surface area contributed by atoms with E-state index in [1.807, 2.05) is 31.2 Å². The van der Waals surface area contributed by atoms with E-state index in [4.69, 9.17) is 16.1 Å². The third-order valence-corrected chi connectivity index (χ3v) is 6.74. The first-order valence-electron chi connectivity index (χ1n) is 10.2. The van der Waals surface area contributed by atoms with E-state index in [0.717, 1.165) is 42.2 Å². The van der Waals surface area contributed by atoms with E-state index in [1.165, 1.54) is 11.3 Å². The van der Waals surface area contributed by atoms with Gasteiger partial charge in [-0.05, 0) is 51.8 Å². The van der Waals surface area contributed by atoms with Gasteiger partial charge in [0.25, 0.3) is 5.91 Å². The summed E-state index contributed by atoms with van der Waals surface area (Å²) in [6.45, 7) is 8.82. The van der Waals surface area contributed by atoms with Crippen molar-refractivity contribution in [3.63, 3.8) is 0 Å². The molecule has 3 aromatic heterocycles. The second-order valence-corrected chi connectivity index (χ2v) is 9.71. The Morgan fingerprint density at radius 3 is 2.77 bits per heavy atom. The number of hydrogen-bond acceptors (Lipinski definition) is 6. The first kappa shape index (κ1) is 21.1. The third-order valence-electron chi connectivity index (χ3n) is 5.50. The number of thiophene rings is 1. The molecular formula is C21H26ClN5O2S. The number of carbonyl (C=O) groups excluding carboxylic acids is 1. The molecule has 9 heteroatoms. The minimum Gasteiger partial charge on any atom is -0.355 e. The van der Waals surface area contributed by atoms with Crippen LogP contribution < -0.4 is 5.32 Å². The van der Waals surface area contributed by atoms with Crippen molar-refractivity contribution >= 4 is 28.8 Å². The molecule has 160 valence electrons. The van der Waals surface area contributed by atoms with Crippen LogP contribution in [0.3, 0.4) is 0 Å². The molecule has 3 aromatic rings. The number of nitrogens with one attached hydrogen (secondary N) is 1. The summed E-state index contributed by atoms with van der Waals surface area (Å²) in [6, 6.07) is 8.19. The number of amides is 1. The molecule has 1 N–H and O–H groups in total. The maximum Gasteiger partial charge on any atom is 0.272 e. The van der Waals surface area contributed by atoms with Gasteiger partial charge >= 0.3 is 0 Å². The van der Waals surface area contributed by atoms with Crippen LogP contribution in [0.25, 0.3) is 10.6 Å². The Bertz CT molecular complexity index is 1020. The van der Waals surface area contributed by atoms with Crippen molar-refractivity contribution in [1.82, 2.24) is 25.2 Å². The SMILES string of the molecule is Cc1cc(C(=O)NC2CCN(C(C)C)CC2)nn1Cc1cc(-c2ccc(Cl)s2)on1. The minimum atomic E-state index is -0.117. The van der Waals surface area contributed by atoms with Crippen LogP contribution in [0.2, 0.25) is 4.34 Å². The zero-order valence-electron chi connectivity index (χ0n) is 17.4. The van der Waals surface area contributed by atoms with E-state index in [9.17, 15) is 4.79 Å². The number of aromatic nitrogens is 3. The van der Waals surface area contributed by atoms with Gasteiger partial charge in [-0.25, -0.2) is 0 Å². The lowest BCUT2D eigenvalue weighted by Gasteiger charge is -2.34. The van der Waals surface area contributed by atoms with Crippen LogP contribution in [0.1, 0.15) is 48.6 Å². The van der Waals surface area contributed by atoms with E-state index in [1.54, 1.807) is 4.68 Å². The fourth-order valence-electron chi connectivity index (χ4n) is 3.70. The fourth-order valence-corrected chi connectivity index (χ4v) is 4.69. The quantitative estimate of drug-likeness (QED) is 0.612. The number of carbonyl (C=O) groups is 1. The zero-order valence-corrected chi connectivity index (χ0v) is 19.0. The van der Waals surface area contributed by atoms with Crippen molar-refractivity contribution in [3.8, 4) is 10.6 Å². The molecule has 7 nitrogen and oxygen atoms in total. The molecule has 0 bridgehead atoms.